The number of aryl methyl sites for hydroxylation is 1. The summed E-state index contributed by atoms with van der Waals surface area (Å²) in [5.41, 5.74) is 0.624. The molecule has 1 aromatic rings. The van der Waals surface area contributed by atoms with Gasteiger partial charge in [0, 0.05) is 30.9 Å². The van der Waals surface area contributed by atoms with E-state index < -0.39 is 0 Å². The first-order valence-corrected chi connectivity index (χ1v) is 5.44. The topological polar surface area (TPSA) is 44.1 Å². The molecule has 0 bridgehead atoms. The second-order valence-corrected chi connectivity index (χ2v) is 3.62. The van der Waals surface area contributed by atoms with E-state index in [1.807, 2.05) is 16.8 Å². The smallest absolute Gasteiger partial charge is 0.333 e. The number of methoxy groups -OCH3 is 1. The van der Waals surface area contributed by atoms with Crippen molar-refractivity contribution in [3.8, 4) is 0 Å². The fourth-order valence-corrected chi connectivity index (χ4v) is 1.44. The second-order valence-electron chi connectivity index (χ2n) is 3.62. The van der Waals surface area contributed by atoms with Crippen molar-refractivity contribution in [2.45, 2.75) is 33.2 Å². The predicted molar refractivity (Wildman–Crippen MR) is 62.0 cm³/mol. The van der Waals surface area contributed by atoms with Gasteiger partial charge >= 0.3 is 5.97 Å². The Morgan fingerprint density at radius 2 is 2.38 bits per heavy atom. The maximum atomic E-state index is 11.2. The summed E-state index contributed by atoms with van der Waals surface area (Å²) in [5, 5.41) is 0. The van der Waals surface area contributed by atoms with Crippen molar-refractivity contribution < 1.29 is 9.53 Å². The number of esters is 1. The molecule has 88 valence electrons. The molecule has 0 aliphatic rings. The van der Waals surface area contributed by atoms with Crippen LogP contribution < -0.4 is 0 Å². The Bertz CT molecular complexity index is 380. The van der Waals surface area contributed by atoms with E-state index >= 15 is 0 Å². The van der Waals surface area contributed by atoms with E-state index in [4.69, 9.17) is 0 Å². The Labute approximate surface area is 95.9 Å². The fourth-order valence-electron chi connectivity index (χ4n) is 1.44. The van der Waals surface area contributed by atoms with E-state index in [-0.39, 0.29) is 5.97 Å². The summed E-state index contributed by atoms with van der Waals surface area (Å²) in [6.45, 7) is 4.53. The summed E-state index contributed by atoms with van der Waals surface area (Å²) in [4.78, 5) is 15.4. The summed E-state index contributed by atoms with van der Waals surface area (Å²) in [6.07, 6.45) is 7.58. The van der Waals surface area contributed by atoms with Crippen LogP contribution >= 0.6 is 0 Å². The number of ether oxygens (including phenoxy) is 1. The Hall–Kier alpha value is -1.58. The van der Waals surface area contributed by atoms with E-state index in [2.05, 4.69) is 16.6 Å². The molecule has 0 radical (unpaired) electrons. The van der Waals surface area contributed by atoms with Gasteiger partial charge in [-0.1, -0.05) is 13.0 Å². The van der Waals surface area contributed by atoms with Gasteiger partial charge in [-0.25, -0.2) is 9.78 Å². The van der Waals surface area contributed by atoms with Crippen molar-refractivity contribution in [3.05, 3.63) is 29.9 Å². The molecule has 0 saturated carbocycles. The van der Waals surface area contributed by atoms with Gasteiger partial charge in [0.25, 0.3) is 0 Å². The van der Waals surface area contributed by atoms with Crippen molar-refractivity contribution in [2.75, 3.05) is 7.11 Å². The highest BCUT2D eigenvalue weighted by atomic mass is 16.5. The van der Waals surface area contributed by atoms with Crippen molar-refractivity contribution in [1.82, 2.24) is 9.55 Å². The zero-order valence-corrected chi connectivity index (χ0v) is 10.1. The van der Waals surface area contributed by atoms with Crippen LogP contribution in [0.5, 0.6) is 0 Å². The average Bonchev–Trinajstić information content (AvgIpc) is 2.73. The van der Waals surface area contributed by atoms with Gasteiger partial charge in [-0.05, 0) is 13.3 Å². The van der Waals surface area contributed by atoms with Crippen LogP contribution in [0.2, 0.25) is 0 Å². The van der Waals surface area contributed by atoms with Crippen LogP contribution in [0.3, 0.4) is 0 Å². The molecule has 1 aromatic heterocycles. The molecule has 0 fully saturated rings. The summed E-state index contributed by atoms with van der Waals surface area (Å²) in [7, 11) is 1.39. The summed E-state index contributed by atoms with van der Waals surface area (Å²) < 4.78 is 6.67. The van der Waals surface area contributed by atoms with E-state index in [0.717, 1.165) is 18.7 Å². The largest absolute Gasteiger partial charge is 0.466 e. The molecule has 1 rings (SSSR count). The minimum atomic E-state index is -0.280. The number of allylic oxidation sites excluding steroid dienone is 1. The maximum absolute atomic E-state index is 11.2. The zero-order valence-electron chi connectivity index (χ0n) is 10.1. The summed E-state index contributed by atoms with van der Waals surface area (Å²) in [5.74, 6) is 0.772. The average molecular weight is 222 g/mol. The molecular weight excluding hydrogens is 204 g/mol. The van der Waals surface area contributed by atoms with Crippen LogP contribution in [0, 0.1) is 0 Å². The molecule has 0 saturated heterocycles. The van der Waals surface area contributed by atoms with Crippen molar-refractivity contribution in [2.24, 2.45) is 0 Å². The number of carbonyl (C=O) groups excluding carboxylic acids is 1. The van der Waals surface area contributed by atoms with E-state index in [1.54, 1.807) is 13.1 Å². The monoisotopic (exact) mass is 222 g/mol. The van der Waals surface area contributed by atoms with Gasteiger partial charge in [0.15, 0.2) is 0 Å². The minimum Gasteiger partial charge on any atom is -0.466 e. The fraction of sp³-hybridized carbons (Fsp3) is 0.500. The lowest BCUT2D eigenvalue weighted by Crippen LogP contribution is -2.05. The van der Waals surface area contributed by atoms with Crippen molar-refractivity contribution in [3.63, 3.8) is 0 Å². The van der Waals surface area contributed by atoms with E-state index in [9.17, 15) is 4.79 Å². The second kappa shape index (κ2) is 6.10. The highest BCUT2D eigenvalue weighted by molar-refractivity contribution is 5.87. The molecule has 0 aliphatic carbocycles. The van der Waals surface area contributed by atoms with Gasteiger partial charge in [-0.3, -0.25) is 0 Å². The van der Waals surface area contributed by atoms with Crippen LogP contribution in [0.1, 0.15) is 26.1 Å². The molecule has 0 atom stereocenters. The lowest BCUT2D eigenvalue weighted by molar-refractivity contribution is -0.136. The number of aromatic nitrogens is 2. The number of hydrogen-bond acceptors (Lipinski definition) is 3. The number of imidazole rings is 1. The molecule has 0 N–H and O–H groups in total. The maximum Gasteiger partial charge on any atom is 0.333 e. The van der Waals surface area contributed by atoms with Crippen LogP contribution in [0.25, 0.3) is 0 Å². The first-order valence-electron chi connectivity index (χ1n) is 5.44. The molecule has 0 unspecified atom stereocenters. The minimum absolute atomic E-state index is 0.280. The first kappa shape index (κ1) is 12.5. The van der Waals surface area contributed by atoms with Crippen molar-refractivity contribution in [1.29, 1.82) is 0 Å². The lowest BCUT2D eigenvalue weighted by Gasteiger charge is -2.04. The zero-order chi connectivity index (χ0) is 12.0. The molecule has 16 heavy (non-hydrogen) atoms. The summed E-state index contributed by atoms with van der Waals surface area (Å²) >= 11 is 0. The molecule has 0 spiro atoms. The summed E-state index contributed by atoms with van der Waals surface area (Å²) in [6, 6.07) is 0. The number of nitrogens with zero attached hydrogens (tertiary/aromatic N) is 2. The van der Waals surface area contributed by atoms with Gasteiger partial charge in [0.05, 0.1) is 7.11 Å². The predicted octanol–water partition coefficient (Wildman–Crippen LogP) is 1.95. The highest BCUT2D eigenvalue weighted by Gasteiger charge is 2.03. The highest BCUT2D eigenvalue weighted by Crippen LogP contribution is 2.03. The Morgan fingerprint density at radius 3 is 3.00 bits per heavy atom. The van der Waals surface area contributed by atoms with Gasteiger partial charge in [0.1, 0.15) is 5.82 Å². The molecule has 4 heteroatoms. The standard InChI is InChI=1S/C12H18N2O2/c1-4-5-11-13-7-9-14(11)8-6-10(2)12(15)16-3/h6-7,9H,4-5,8H2,1-3H3. The molecule has 1 heterocycles. The number of rotatable bonds is 5. The molecule has 0 amide bonds. The lowest BCUT2D eigenvalue weighted by atomic mass is 10.3. The molecule has 0 aliphatic heterocycles. The van der Waals surface area contributed by atoms with Gasteiger partial charge < -0.3 is 9.30 Å². The normalized spacial score (nSPS) is 11.6. The van der Waals surface area contributed by atoms with E-state index in [1.165, 1.54) is 7.11 Å². The van der Waals surface area contributed by atoms with Crippen LogP contribution in [0.4, 0.5) is 0 Å². The van der Waals surface area contributed by atoms with E-state index in [0.29, 0.717) is 12.1 Å². The molecule has 4 nitrogen and oxygen atoms in total. The molecular formula is C12H18N2O2. The molecule has 0 aromatic carbocycles. The quantitative estimate of drug-likeness (QED) is 0.565. The van der Waals surface area contributed by atoms with Crippen molar-refractivity contribution >= 4 is 5.97 Å². The SMILES string of the molecule is CCCc1nccn1CC=C(C)C(=O)OC. The Morgan fingerprint density at radius 1 is 1.62 bits per heavy atom. The Kier molecular flexibility index (Phi) is 4.76. The number of hydrogen-bond donors (Lipinski definition) is 0. The van der Waals surface area contributed by atoms with Gasteiger partial charge in [-0.2, -0.15) is 0 Å². The first-order chi connectivity index (χ1) is 7.69. The third-order valence-electron chi connectivity index (χ3n) is 2.38. The third-order valence-corrected chi connectivity index (χ3v) is 2.38. The number of carbonyl (C=O) groups is 1. The van der Waals surface area contributed by atoms with Crippen LogP contribution in [-0.4, -0.2) is 22.6 Å². The van der Waals surface area contributed by atoms with Gasteiger partial charge in [-0.15, -0.1) is 0 Å². The third kappa shape index (κ3) is 3.22. The Balaban J connectivity index is 2.66. The van der Waals surface area contributed by atoms with Gasteiger partial charge in [0.2, 0.25) is 0 Å². The van der Waals surface area contributed by atoms with Crippen LogP contribution in [-0.2, 0) is 22.5 Å². The van der Waals surface area contributed by atoms with Crippen LogP contribution in [0.15, 0.2) is 24.0 Å².